The van der Waals surface area contributed by atoms with Crippen molar-refractivity contribution in [2.24, 2.45) is 17.6 Å². The van der Waals surface area contributed by atoms with E-state index in [1.807, 2.05) is 58.0 Å². The van der Waals surface area contributed by atoms with E-state index in [1.54, 1.807) is 6.92 Å². The average Bonchev–Trinajstić information content (AvgIpc) is 4.37. The number of benzene rings is 1. The van der Waals surface area contributed by atoms with E-state index in [1.165, 1.54) is 63.5 Å². The largest absolute Gasteiger partial charge is 0.464 e. The number of hydrogen-bond donors (Lipinski definition) is 3. The van der Waals surface area contributed by atoms with E-state index in [-0.39, 0.29) is 89.0 Å². The van der Waals surface area contributed by atoms with Gasteiger partial charge in [0.2, 0.25) is 53.0 Å². The normalized spacial score (nSPS) is 12.2. The number of esters is 1. The van der Waals surface area contributed by atoms with E-state index in [4.69, 9.17) is 59.8 Å². The number of hydrogen-bond acceptors (Lipinski definition) is 26. The third-order valence-electron chi connectivity index (χ3n) is 11.8. The zero-order chi connectivity index (χ0) is 58.3. The van der Waals surface area contributed by atoms with E-state index in [0.717, 1.165) is 24.8 Å². The number of carbonyl (C=O) groups excluding carboxylic acids is 5. The molecule has 0 aliphatic carbocycles. The van der Waals surface area contributed by atoms with Crippen LogP contribution in [0.5, 0.6) is 0 Å². The molecule has 0 spiro atoms. The number of methoxy groups -OCH3 is 1. The standard InChI is InChI=1S/C38H38N8O9.C15H16N4O5.CO2/c1-5-6-8-13-24(45-38(48)55-15-23-11-9-7-10-12-23)32-41-28(18-51-32)35-43-27(19-53-35)34-40-25(16-50-34)31(47)46-30(21(2)3)37-44-29(20-54-37)36-42-26(17-52-36)33-39-22(4)14-49-33;1-7(2)11(16)14-18-9(5-24-14)12-17-8(4-22-12)13-19-10(6-23-13)15(20)21-3;2-1-3/h7,9-12,14,16-21,24,30H,5-6,8,13,15H2,1-4H3,(H,45,48)(H,46,47);4-7,11H,16H2,1-3H3;. The molecule has 10 aromatic rings. The average molecular weight is 1130 g/mol. The molecule has 28 heteroatoms. The predicted octanol–water partition coefficient (Wildman–Crippen LogP) is 10.1. The molecule has 0 aliphatic rings. The van der Waals surface area contributed by atoms with Crippen molar-refractivity contribution in [3.05, 3.63) is 127 Å². The highest BCUT2D eigenvalue weighted by Gasteiger charge is 2.29. The molecule has 4 N–H and O–H groups in total. The lowest BCUT2D eigenvalue weighted by molar-refractivity contribution is -0.191. The molecule has 1 aromatic carbocycles. The van der Waals surface area contributed by atoms with Crippen LogP contribution in [0.2, 0.25) is 0 Å². The molecule has 28 nitrogen and oxygen atoms in total. The summed E-state index contributed by atoms with van der Waals surface area (Å²) in [4.78, 5) is 92.6. The number of aryl methyl sites for hydroxylation is 1. The third kappa shape index (κ3) is 14.5. The van der Waals surface area contributed by atoms with Gasteiger partial charge < -0.3 is 65.6 Å². The topological polar surface area (TPSA) is 388 Å². The zero-order valence-electron chi connectivity index (χ0n) is 45.1. The van der Waals surface area contributed by atoms with E-state index in [2.05, 4.69) is 67.1 Å². The highest BCUT2D eigenvalue weighted by molar-refractivity contribution is 5.92. The summed E-state index contributed by atoms with van der Waals surface area (Å²) >= 11 is 0. The van der Waals surface area contributed by atoms with Gasteiger partial charge in [-0.25, -0.2) is 54.4 Å². The van der Waals surface area contributed by atoms with Gasteiger partial charge in [-0.1, -0.05) is 84.2 Å². The van der Waals surface area contributed by atoms with E-state index >= 15 is 0 Å². The summed E-state index contributed by atoms with van der Waals surface area (Å²) in [5, 5.41) is 5.77. The molecule has 82 heavy (non-hydrogen) atoms. The fraction of sp³-hybridized carbons (Fsp3) is 0.315. The maximum atomic E-state index is 13.3. The van der Waals surface area contributed by atoms with Crippen LogP contribution in [-0.4, -0.2) is 76.1 Å². The first-order valence-corrected chi connectivity index (χ1v) is 25.3. The summed E-state index contributed by atoms with van der Waals surface area (Å²) in [6, 6.07) is 7.93. The van der Waals surface area contributed by atoms with Crippen molar-refractivity contribution in [3.8, 4) is 69.5 Å². The van der Waals surface area contributed by atoms with Crippen LogP contribution in [0.25, 0.3) is 69.5 Å². The molecule has 3 atom stereocenters. The second-order valence-corrected chi connectivity index (χ2v) is 18.5. The first-order valence-electron chi connectivity index (χ1n) is 25.3. The molecule has 0 radical (unpaired) electrons. The Bertz CT molecular complexity index is 3700. The van der Waals surface area contributed by atoms with Crippen molar-refractivity contribution < 1.29 is 73.2 Å². The van der Waals surface area contributed by atoms with Crippen molar-refractivity contribution in [2.75, 3.05) is 7.11 Å². The first kappa shape index (κ1) is 57.8. The van der Waals surface area contributed by atoms with Crippen molar-refractivity contribution in [1.82, 2.24) is 55.5 Å². The van der Waals surface area contributed by atoms with Crippen LogP contribution >= 0.6 is 0 Å². The number of nitrogens with two attached hydrogens (primary N) is 1. The highest BCUT2D eigenvalue weighted by atomic mass is 16.5. The van der Waals surface area contributed by atoms with Gasteiger partial charge in [0, 0.05) is 0 Å². The number of carbonyl (C=O) groups is 3. The van der Waals surface area contributed by atoms with E-state index in [0.29, 0.717) is 52.4 Å². The fourth-order valence-corrected chi connectivity index (χ4v) is 7.42. The molecule has 0 saturated carbocycles. The lowest BCUT2D eigenvalue weighted by Gasteiger charge is -2.18. The van der Waals surface area contributed by atoms with Gasteiger partial charge in [-0.3, -0.25) is 4.79 Å². The van der Waals surface area contributed by atoms with Crippen LogP contribution in [0.15, 0.2) is 126 Å². The van der Waals surface area contributed by atoms with Crippen molar-refractivity contribution >= 4 is 24.1 Å². The number of amides is 2. The Kier molecular flexibility index (Phi) is 19.1. The summed E-state index contributed by atoms with van der Waals surface area (Å²) in [6.07, 6.45) is 15.3. The Morgan fingerprint density at radius 2 is 1.02 bits per heavy atom. The van der Waals surface area contributed by atoms with Gasteiger partial charge in [0.1, 0.15) is 75.1 Å². The summed E-state index contributed by atoms with van der Waals surface area (Å²) in [5.74, 6) is 0.918. The minimum Gasteiger partial charge on any atom is -0.464 e. The lowest BCUT2D eigenvalue weighted by atomic mass is 10.0. The minimum absolute atomic E-state index is 0.000526. The number of oxazole rings is 9. The monoisotopic (exact) mass is 1130 g/mol. The van der Waals surface area contributed by atoms with Gasteiger partial charge in [0.15, 0.2) is 45.6 Å². The molecule has 0 aliphatic heterocycles. The number of rotatable bonds is 21. The summed E-state index contributed by atoms with van der Waals surface area (Å²) < 4.78 is 59.6. The third-order valence-corrected chi connectivity index (χ3v) is 11.8. The van der Waals surface area contributed by atoms with Crippen LogP contribution in [0.1, 0.15) is 128 Å². The van der Waals surface area contributed by atoms with Crippen LogP contribution in [-0.2, 0) is 25.7 Å². The SMILES string of the molecule is CCCCCC(NC(=O)OCc1ccccc1)c1nc(-c2nc(-c3nc(C(=O)NC(c4nc(-c5nc(-c6nc(C)co6)co5)co4)C(C)C)co3)co2)co1.COC(=O)c1coc(-c2coc(-c3coc(C(N)C(C)C)n3)n2)n1.O=C=O. The summed E-state index contributed by atoms with van der Waals surface area (Å²) in [6.45, 7) is 11.8. The molecular weight excluding hydrogens is 1070 g/mol. The number of alkyl carbamates (subject to hydrolysis) is 1. The second-order valence-electron chi connectivity index (χ2n) is 18.5. The van der Waals surface area contributed by atoms with Gasteiger partial charge in [-0.2, -0.15) is 9.59 Å². The number of unbranched alkanes of at least 4 members (excludes halogenated alkanes) is 2. The predicted molar refractivity (Wildman–Crippen MR) is 277 cm³/mol. The molecule has 0 saturated heterocycles. The Morgan fingerprint density at radius 3 is 1.56 bits per heavy atom. The minimum atomic E-state index is -0.628. The molecule has 9 aromatic heterocycles. The van der Waals surface area contributed by atoms with Gasteiger partial charge >= 0.3 is 18.2 Å². The van der Waals surface area contributed by atoms with Crippen LogP contribution in [0.3, 0.4) is 0 Å². The number of aromatic nitrogens is 9. The number of nitrogens with zero attached hydrogens (tertiary/aromatic N) is 9. The zero-order valence-corrected chi connectivity index (χ0v) is 45.1. The van der Waals surface area contributed by atoms with Gasteiger partial charge in [0.25, 0.3) is 5.91 Å². The van der Waals surface area contributed by atoms with Gasteiger partial charge in [-0.05, 0) is 30.7 Å². The number of nitrogens with one attached hydrogen (secondary N) is 2. The molecule has 0 bridgehead atoms. The van der Waals surface area contributed by atoms with Crippen molar-refractivity contribution in [2.45, 2.75) is 92.0 Å². The van der Waals surface area contributed by atoms with E-state index < -0.39 is 30.1 Å². The van der Waals surface area contributed by atoms with E-state index in [9.17, 15) is 14.4 Å². The summed E-state index contributed by atoms with van der Waals surface area (Å²) in [5.41, 5.74) is 9.61. The fourth-order valence-electron chi connectivity index (χ4n) is 7.42. The second kappa shape index (κ2) is 27.0. The Labute approximate surface area is 464 Å². The Balaban J connectivity index is 0.000000270. The first-order chi connectivity index (χ1) is 39.6. The molecule has 0 fully saturated rings. The number of ether oxygens (including phenoxy) is 2. The Morgan fingerprint density at radius 1 is 0.561 bits per heavy atom. The van der Waals surface area contributed by atoms with Crippen LogP contribution in [0, 0.1) is 18.8 Å². The Hall–Kier alpha value is -10.3. The molecule has 9 heterocycles. The molecular formula is C54H54N12O16. The van der Waals surface area contributed by atoms with Gasteiger partial charge in [-0.15, -0.1) is 0 Å². The highest BCUT2D eigenvalue weighted by Crippen LogP contribution is 2.31. The smallest absolute Gasteiger partial charge is 0.408 e. The summed E-state index contributed by atoms with van der Waals surface area (Å²) in [7, 11) is 1.26. The van der Waals surface area contributed by atoms with Crippen LogP contribution < -0.4 is 16.4 Å². The van der Waals surface area contributed by atoms with Crippen LogP contribution in [0.4, 0.5) is 4.79 Å². The quantitative estimate of drug-likeness (QED) is 0.0444. The maximum Gasteiger partial charge on any atom is 0.408 e. The van der Waals surface area contributed by atoms with Crippen molar-refractivity contribution in [1.29, 1.82) is 0 Å². The molecule has 2 amide bonds. The molecule has 3 unspecified atom stereocenters. The van der Waals surface area contributed by atoms with Gasteiger partial charge in [0.05, 0.1) is 18.8 Å². The lowest BCUT2D eigenvalue weighted by Crippen LogP contribution is -2.32. The molecule has 426 valence electrons. The molecule has 10 rings (SSSR count). The maximum absolute atomic E-state index is 13.3. The van der Waals surface area contributed by atoms with Crippen molar-refractivity contribution in [3.63, 3.8) is 0 Å².